The van der Waals surface area contributed by atoms with Crippen LogP contribution >= 0.6 is 0 Å². The summed E-state index contributed by atoms with van der Waals surface area (Å²) in [4.78, 5) is 52.5. The smallest absolute Gasteiger partial charge is 0.375 e. The van der Waals surface area contributed by atoms with Crippen molar-refractivity contribution in [3.63, 3.8) is 0 Å². The minimum Gasteiger partial charge on any atom is -0.475 e. The summed E-state index contributed by atoms with van der Waals surface area (Å²) in [6.07, 6.45) is 19.0. The molecule has 2 aliphatic heterocycles. The zero-order chi connectivity index (χ0) is 40.9. The normalized spacial score (nSPS) is 15.8. The van der Waals surface area contributed by atoms with Gasteiger partial charge in [0.1, 0.15) is 24.3 Å². The first kappa shape index (κ1) is 40.5. The van der Waals surface area contributed by atoms with E-state index in [1.807, 2.05) is 33.6 Å². The van der Waals surface area contributed by atoms with Gasteiger partial charge in [-0.25, -0.2) is 52.8 Å². The van der Waals surface area contributed by atoms with Crippen LogP contribution in [-0.4, -0.2) is 114 Å². The number of anilines is 2. The number of carboxylic acid groups (broad SMARTS) is 1. The van der Waals surface area contributed by atoms with Crippen molar-refractivity contribution >= 4 is 34.8 Å². The second-order valence-electron chi connectivity index (χ2n) is 13.5. The molecule has 2 aromatic carbocycles. The lowest BCUT2D eigenvalue weighted by atomic mass is 10.2. The third-order valence-electron chi connectivity index (χ3n) is 9.46. The van der Waals surface area contributed by atoms with E-state index in [0.29, 0.717) is 17.9 Å². The fourth-order valence-electron chi connectivity index (χ4n) is 6.64. The molecule has 1 amide bonds. The fraction of sp³-hybridized carbons (Fsp3) is 0.231. The largest absolute Gasteiger partial charge is 0.475 e. The molecule has 0 aliphatic carbocycles. The second-order valence-corrected chi connectivity index (χ2v) is 13.5. The van der Waals surface area contributed by atoms with Gasteiger partial charge >= 0.3 is 5.97 Å². The van der Waals surface area contributed by atoms with Gasteiger partial charge < -0.3 is 34.8 Å². The van der Waals surface area contributed by atoms with Crippen LogP contribution in [0.15, 0.2) is 111 Å². The van der Waals surface area contributed by atoms with E-state index >= 15 is 0 Å². The molecule has 2 atom stereocenters. The summed E-state index contributed by atoms with van der Waals surface area (Å²) in [5.74, 6) is -0.918. The van der Waals surface area contributed by atoms with Crippen molar-refractivity contribution < 1.29 is 23.5 Å². The Morgan fingerprint density at radius 3 is 1.68 bits per heavy atom. The van der Waals surface area contributed by atoms with Crippen molar-refractivity contribution in [1.82, 2.24) is 63.6 Å². The quantitative estimate of drug-likeness (QED) is 0.210. The lowest BCUT2D eigenvalue weighted by molar-refractivity contribution is 0.0683. The minimum atomic E-state index is -1.22. The van der Waals surface area contributed by atoms with Crippen LogP contribution in [0.5, 0.6) is 0 Å². The molecule has 0 spiro atoms. The molecule has 0 unspecified atom stereocenters. The summed E-state index contributed by atoms with van der Waals surface area (Å²) in [5.41, 5.74) is 8.51. The van der Waals surface area contributed by atoms with E-state index in [1.165, 1.54) is 52.4 Å². The number of carboxylic acids is 1. The van der Waals surface area contributed by atoms with Gasteiger partial charge in [0.15, 0.2) is 22.9 Å². The van der Waals surface area contributed by atoms with E-state index in [2.05, 4.69) is 55.2 Å². The maximum Gasteiger partial charge on any atom is 0.375 e. The van der Waals surface area contributed by atoms with Gasteiger partial charge in [0.2, 0.25) is 5.82 Å². The molecule has 308 valence electrons. The highest BCUT2D eigenvalue weighted by Crippen LogP contribution is 2.23. The number of hydrogen-bond acceptors (Lipinski definition) is 13. The van der Waals surface area contributed by atoms with Crippen molar-refractivity contribution in [1.29, 1.82) is 0 Å². The van der Waals surface area contributed by atoms with Crippen molar-refractivity contribution in [2.45, 2.75) is 32.4 Å². The topological polar surface area (TPSA) is 221 Å². The molecule has 0 bridgehead atoms. The molecule has 0 radical (unpaired) electrons. The molecule has 4 N–H and O–H groups in total. The number of imidazole rings is 2. The van der Waals surface area contributed by atoms with Gasteiger partial charge in [-0.2, -0.15) is 0 Å². The summed E-state index contributed by atoms with van der Waals surface area (Å²) >= 11 is 0. The van der Waals surface area contributed by atoms with Crippen molar-refractivity contribution in [2.24, 2.45) is 5.73 Å². The van der Waals surface area contributed by atoms with Gasteiger partial charge in [0, 0.05) is 87.8 Å². The summed E-state index contributed by atoms with van der Waals surface area (Å²) in [6, 6.07) is 11.8. The van der Waals surface area contributed by atoms with Crippen molar-refractivity contribution in [3.8, 4) is 11.4 Å². The van der Waals surface area contributed by atoms with Crippen LogP contribution in [0.2, 0.25) is 0 Å². The average molecular weight is 819 g/mol. The molecule has 2 aliphatic rings. The standard InChI is InChI=1S/C19H17FN8O.C10H13N5.C9H6FN3O2.CH4/c20-13-2-1-3-15(10-13)28-12-23-16(25-28)19(29)24-14-4-7-27(11-14)18-17-21-5-8-26(17)9-6-22-18;11-8-1-4-15(7-8)10-9-12-2-5-14(9)6-3-13-10;10-6-2-1-3-7(4-6)13-5-11-8(12-13)9(14)15;/h1-3,5-6,8-10,12,14H,4,7,11H2,(H,24,29);2-3,5-6,8H,1,4,7,11H2;1-5H,(H,14,15);1H4/t14-;8-;;/m00../s1. The Morgan fingerprint density at radius 2 is 1.18 bits per heavy atom. The predicted octanol–water partition coefficient (Wildman–Crippen LogP) is 3.47. The van der Waals surface area contributed by atoms with E-state index < -0.39 is 11.8 Å². The molecule has 8 heterocycles. The number of carbonyl (C=O) groups excluding carboxylic acids is 1. The van der Waals surface area contributed by atoms with E-state index in [-0.39, 0.29) is 42.9 Å². The molecule has 2 saturated heterocycles. The number of halogens is 2. The van der Waals surface area contributed by atoms with Crippen LogP contribution in [0.3, 0.4) is 0 Å². The fourth-order valence-corrected chi connectivity index (χ4v) is 6.64. The summed E-state index contributed by atoms with van der Waals surface area (Å²) in [5, 5.41) is 19.4. The van der Waals surface area contributed by atoms with Crippen LogP contribution in [0.25, 0.3) is 22.7 Å². The number of aromatic carboxylic acids is 1. The summed E-state index contributed by atoms with van der Waals surface area (Å²) in [6.45, 7) is 3.23. The van der Waals surface area contributed by atoms with Gasteiger partial charge in [0.25, 0.3) is 11.7 Å². The van der Waals surface area contributed by atoms with Crippen molar-refractivity contribution in [2.75, 3.05) is 36.0 Å². The molecule has 60 heavy (non-hydrogen) atoms. The van der Waals surface area contributed by atoms with Gasteiger partial charge in [0.05, 0.1) is 11.4 Å². The second kappa shape index (κ2) is 17.9. The SMILES string of the molecule is C.N[C@H]1CCN(c2nccn3ccnc23)C1.O=C(N[C@H]1CCN(c2nccn3ccnc23)C1)c1ncn(-c2cccc(F)c2)n1.O=C(O)c1ncn(-c2cccc(F)c2)n1. The van der Waals surface area contributed by atoms with E-state index in [0.717, 1.165) is 55.4 Å². The third-order valence-corrected chi connectivity index (χ3v) is 9.46. The van der Waals surface area contributed by atoms with Gasteiger partial charge in [-0.3, -0.25) is 4.79 Å². The molecule has 0 saturated carbocycles. The van der Waals surface area contributed by atoms with Crippen LogP contribution < -0.4 is 20.9 Å². The van der Waals surface area contributed by atoms with E-state index in [1.54, 1.807) is 43.0 Å². The Kier molecular flexibility index (Phi) is 12.1. The van der Waals surface area contributed by atoms with Gasteiger partial charge in [-0.1, -0.05) is 19.6 Å². The third kappa shape index (κ3) is 9.05. The summed E-state index contributed by atoms with van der Waals surface area (Å²) in [7, 11) is 0. The lowest BCUT2D eigenvalue weighted by Crippen LogP contribution is -2.37. The average Bonchev–Trinajstić information content (AvgIpc) is 4.10. The monoisotopic (exact) mass is 818 g/mol. The maximum atomic E-state index is 13.4. The molecule has 8 aromatic rings. The summed E-state index contributed by atoms with van der Waals surface area (Å²) < 4.78 is 32.7. The molecular weight excluding hydrogens is 779 g/mol. The number of fused-ring (bicyclic) bond motifs is 2. The number of nitrogens with one attached hydrogen (secondary N) is 1. The highest BCUT2D eigenvalue weighted by Gasteiger charge is 2.28. The Bertz CT molecular complexity index is 2730. The first-order valence-corrected chi connectivity index (χ1v) is 18.4. The first-order chi connectivity index (χ1) is 28.7. The molecule has 10 rings (SSSR count). The Morgan fingerprint density at radius 1 is 0.683 bits per heavy atom. The van der Waals surface area contributed by atoms with Crippen LogP contribution in [0.1, 0.15) is 41.5 Å². The molecule has 21 heteroatoms. The Labute approximate surface area is 340 Å². The van der Waals surface area contributed by atoms with Crippen LogP contribution in [-0.2, 0) is 0 Å². The lowest BCUT2D eigenvalue weighted by Gasteiger charge is -2.18. The number of nitrogens with zero attached hydrogens (tertiary/aromatic N) is 14. The molecule has 2 fully saturated rings. The number of rotatable bonds is 7. The highest BCUT2D eigenvalue weighted by molar-refractivity contribution is 5.90. The van der Waals surface area contributed by atoms with Crippen LogP contribution in [0.4, 0.5) is 20.4 Å². The number of hydrogen-bond donors (Lipinski definition) is 3. The number of nitrogens with two attached hydrogens (primary N) is 1. The van der Waals surface area contributed by atoms with Crippen LogP contribution in [0, 0.1) is 11.6 Å². The van der Waals surface area contributed by atoms with E-state index in [9.17, 15) is 18.4 Å². The Balaban J connectivity index is 0.000000148. The first-order valence-electron chi connectivity index (χ1n) is 18.4. The molecule has 19 nitrogen and oxygen atoms in total. The zero-order valence-electron chi connectivity index (χ0n) is 31.1. The number of aromatic nitrogens is 12. The zero-order valence-corrected chi connectivity index (χ0v) is 31.1. The predicted molar refractivity (Wildman–Crippen MR) is 215 cm³/mol. The number of amides is 1. The van der Waals surface area contributed by atoms with Crippen molar-refractivity contribution in [3.05, 3.63) is 134 Å². The highest BCUT2D eigenvalue weighted by atomic mass is 19.1. The minimum absolute atomic E-state index is 0. The van der Waals surface area contributed by atoms with Gasteiger partial charge in [-0.15, -0.1) is 10.2 Å². The Hall–Kier alpha value is -7.68. The number of benzene rings is 2. The molecule has 6 aromatic heterocycles. The molecular formula is C39H40F2N16O3. The van der Waals surface area contributed by atoms with E-state index in [4.69, 9.17) is 10.8 Å². The number of carbonyl (C=O) groups is 2. The maximum absolute atomic E-state index is 13.4. The van der Waals surface area contributed by atoms with Gasteiger partial charge in [-0.05, 0) is 49.2 Å².